The number of nitrogens with one attached hydrogen (secondary N) is 1. The van der Waals surface area contributed by atoms with Gasteiger partial charge in [0.2, 0.25) is 0 Å². The molecule has 0 aliphatic heterocycles. The van der Waals surface area contributed by atoms with Crippen LogP contribution in [0.15, 0.2) is 48.5 Å². The van der Waals surface area contributed by atoms with Crippen LogP contribution in [0.25, 0.3) is 0 Å². The first-order chi connectivity index (χ1) is 8.85. The summed E-state index contributed by atoms with van der Waals surface area (Å²) in [5.74, 6) is 0. The molecule has 0 amide bonds. The first-order valence-corrected chi connectivity index (χ1v) is 6.73. The number of benzene rings is 2. The summed E-state index contributed by atoms with van der Waals surface area (Å²) in [6.45, 7) is 5.33. The summed E-state index contributed by atoms with van der Waals surface area (Å²) in [6, 6.07) is 17.1. The highest BCUT2D eigenvalue weighted by atomic mass is 14.9. The molecule has 0 aliphatic rings. The molecular weight excluding hydrogens is 218 g/mol. The van der Waals surface area contributed by atoms with Gasteiger partial charge in [0.25, 0.3) is 0 Å². The molecule has 94 valence electrons. The van der Waals surface area contributed by atoms with E-state index >= 15 is 0 Å². The molecule has 1 heteroatoms. The molecule has 0 heterocycles. The molecule has 0 radical (unpaired) electrons. The monoisotopic (exact) mass is 239 g/mol. The van der Waals surface area contributed by atoms with Crippen LogP contribution in [0, 0.1) is 0 Å². The minimum Gasteiger partial charge on any atom is -0.381 e. The number of rotatable bonds is 5. The van der Waals surface area contributed by atoms with Gasteiger partial charge in [-0.1, -0.05) is 56.3 Å². The van der Waals surface area contributed by atoms with Crippen LogP contribution in [0.5, 0.6) is 0 Å². The highest BCUT2D eigenvalue weighted by Gasteiger charge is 2.04. The average molecular weight is 239 g/mol. The second-order valence-electron chi connectivity index (χ2n) is 4.49. The molecule has 1 N–H and O–H groups in total. The van der Waals surface area contributed by atoms with Crippen LogP contribution < -0.4 is 5.32 Å². The summed E-state index contributed by atoms with van der Waals surface area (Å²) in [5.41, 5.74) is 5.51. The van der Waals surface area contributed by atoms with Gasteiger partial charge in [-0.3, -0.25) is 0 Å². The molecular formula is C17H21N. The second-order valence-corrected chi connectivity index (χ2v) is 4.49. The molecule has 2 aromatic carbocycles. The zero-order valence-corrected chi connectivity index (χ0v) is 11.2. The fourth-order valence-corrected chi connectivity index (χ4v) is 2.34. The zero-order chi connectivity index (χ0) is 12.8. The van der Waals surface area contributed by atoms with Gasteiger partial charge in [-0.15, -0.1) is 0 Å². The smallest absolute Gasteiger partial charge is 0.0400 e. The summed E-state index contributed by atoms with van der Waals surface area (Å²) in [4.78, 5) is 0. The maximum atomic E-state index is 3.56. The van der Waals surface area contributed by atoms with E-state index in [1.807, 2.05) is 0 Å². The lowest BCUT2D eigenvalue weighted by Gasteiger charge is -2.14. The normalized spacial score (nSPS) is 10.3. The maximum absolute atomic E-state index is 3.56. The summed E-state index contributed by atoms with van der Waals surface area (Å²) < 4.78 is 0. The predicted molar refractivity (Wildman–Crippen MR) is 79.0 cm³/mol. The Hall–Kier alpha value is -1.76. The van der Waals surface area contributed by atoms with Crippen molar-refractivity contribution in [2.75, 3.05) is 5.32 Å². The molecule has 0 unspecified atom stereocenters. The van der Waals surface area contributed by atoms with Gasteiger partial charge in [0, 0.05) is 12.2 Å². The van der Waals surface area contributed by atoms with Crippen molar-refractivity contribution in [1.82, 2.24) is 0 Å². The Morgan fingerprint density at radius 2 is 1.61 bits per heavy atom. The van der Waals surface area contributed by atoms with E-state index in [9.17, 15) is 0 Å². The second kappa shape index (κ2) is 6.25. The fourth-order valence-electron chi connectivity index (χ4n) is 2.34. The number of hydrogen-bond donors (Lipinski definition) is 1. The Balaban J connectivity index is 2.14. The molecule has 0 aromatic heterocycles. The molecule has 1 nitrogen and oxygen atoms in total. The van der Waals surface area contributed by atoms with Gasteiger partial charge in [0.05, 0.1) is 0 Å². The largest absolute Gasteiger partial charge is 0.381 e. The topological polar surface area (TPSA) is 12.0 Å². The van der Waals surface area contributed by atoms with E-state index in [0.29, 0.717) is 0 Å². The van der Waals surface area contributed by atoms with Crippen molar-refractivity contribution in [1.29, 1.82) is 0 Å². The van der Waals surface area contributed by atoms with Crippen molar-refractivity contribution in [3.63, 3.8) is 0 Å². The van der Waals surface area contributed by atoms with Gasteiger partial charge in [-0.05, 0) is 35.6 Å². The van der Waals surface area contributed by atoms with Gasteiger partial charge in [-0.25, -0.2) is 0 Å². The van der Waals surface area contributed by atoms with Crippen LogP contribution in [-0.4, -0.2) is 0 Å². The lowest BCUT2D eigenvalue weighted by atomic mass is 10.0. The van der Waals surface area contributed by atoms with Gasteiger partial charge in [0.15, 0.2) is 0 Å². The third-order valence-corrected chi connectivity index (χ3v) is 3.33. The van der Waals surface area contributed by atoms with Crippen LogP contribution in [-0.2, 0) is 19.4 Å². The van der Waals surface area contributed by atoms with Crippen LogP contribution in [0.4, 0.5) is 5.69 Å². The van der Waals surface area contributed by atoms with Crippen molar-refractivity contribution in [3.05, 3.63) is 65.2 Å². The molecule has 2 aromatic rings. The van der Waals surface area contributed by atoms with Crippen molar-refractivity contribution in [2.24, 2.45) is 0 Å². The Morgan fingerprint density at radius 3 is 2.28 bits per heavy atom. The summed E-state index contributed by atoms with van der Waals surface area (Å²) >= 11 is 0. The molecule has 0 spiro atoms. The Bertz CT molecular complexity index is 488. The number of hydrogen-bond acceptors (Lipinski definition) is 1. The maximum Gasteiger partial charge on any atom is 0.0400 e. The van der Waals surface area contributed by atoms with E-state index < -0.39 is 0 Å². The molecule has 0 aliphatic carbocycles. The summed E-state index contributed by atoms with van der Waals surface area (Å²) in [6.07, 6.45) is 2.19. The summed E-state index contributed by atoms with van der Waals surface area (Å²) in [5, 5.41) is 3.56. The molecule has 2 rings (SSSR count). The number of anilines is 1. The van der Waals surface area contributed by atoms with Crippen LogP contribution in [0.3, 0.4) is 0 Å². The lowest BCUT2D eigenvalue weighted by molar-refractivity contribution is 1.02. The minimum absolute atomic E-state index is 0.890. The Labute approximate surface area is 110 Å². The van der Waals surface area contributed by atoms with Crippen LogP contribution >= 0.6 is 0 Å². The first kappa shape index (κ1) is 12.7. The van der Waals surface area contributed by atoms with Crippen molar-refractivity contribution in [2.45, 2.75) is 33.2 Å². The highest BCUT2D eigenvalue weighted by Crippen LogP contribution is 2.21. The Kier molecular flexibility index (Phi) is 4.40. The lowest BCUT2D eigenvalue weighted by Crippen LogP contribution is -2.04. The SMILES string of the molecule is CCc1cccc(NCc2ccccc2)c1CC. The molecule has 0 bridgehead atoms. The van der Waals surface area contributed by atoms with E-state index in [1.54, 1.807) is 0 Å². The first-order valence-electron chi connectivity index (χ1n) is 6.73. The van der Waals surface area contributed by atoms with Crippen molar-refractivity contribution in [3.8, 4) is 0 Å². The minimum atomic E-state index is 0.890. The fraction of sp³-hybridized carbons (Fsp3) is 0.294. The standard InChI is InChI=1S/C17H21N/c1-3-15-11-8-12-17(16(15)4-2)18-13-14-9-6-5-7-10-14/h5-12,18H,3-4,13H2,1-2H3. The molecule has 18 heavy (non-hydrogen) atoms. The molecule has 0 saturated heterocycles. The van der Waals surface area contributed by atoms with E-state index in [4.69, 9.17) is 0 Å². The van der Waals surface area contributed by atoms with E-state index in [2.05, 4.69) is 67.7 Å². The highest BCUT2D eigenvalue weighted by molar-refractivity contribution is 5.55. The van der Waals surface area contributed by atoms with Gasteiger partial charge >= 0.3 is 0 Å². The third kappa shape index (κ3) is 2.92. The van der Waals surface area contributed by atoms with Crippen LogP contribution in [0.1, 0.15) is 30.5 Å². The quantitative estimate of drug-likeness (QED) is 0.814. The van der Waals surface area contributed by atoms with Gasteiger partial charge in [0.1, 0.15) is 0 Å². The molecule has 0 atom stereocenters. The molecule has 0 saturated carbocycles. The van der Waals surface area contributed by atoms with Gasteiger partial charge in [-0.2, -0.15) is 0 Å². The predicted octanol–water partition coefficient (Wildman–Crippen LogP) is 4.42. The average Bonchev–Trinajstić information content (AvgIpc) is 2.45. The van der Waals surface area contributed by atoms with E-state index in [1.165, 1.54) is 22.4 Å². The molecule has 0 fully saturated rings. The van der Waals surface area contributed by atoms with E-state index in [0.717, 1.165) is 19.4 Å². The van der Waals surface area contributed by atoms with E-state index in [-0.39, 0.29) is 0 Å². The van der Waals surface area contributed by atoms with Crippen molar-refractivity contribution < 1.29 is 0 Å². The zero-order valence-electron chi connectivity index (χ0n) is 11.2. The summed E-state index contributed by atoms with van der Waals surface area (Å²) in [7, 11) is 0. The number of aryl methyl sites for hydroxylation is 1. The van der Waals surface area contributed by atoms with Crippen LogP contribution in [0.2, 0.25) is 0 Å². The van der Waals surface area contributed by atoms with Crippen molar-refractivity contribution >= 4 is 5.69 Å². The third-order valence-electron chi connectivity index (χ3n) is 3.33. The Morgan fingerprint density at radius 1 is 0.833 bits per heavy atom. The van der Waals surface area contributed by atoms with Gasteiger partial charge < -0.3 is 5.32 Å².